The van der Waals surface area contributed by atoms with Crippen LogP contribution in [0.4, 0.5) is 0 Å². The second-order valence-corrected chi connectivity index (χ2v) is 7.32. The zero-order valence-electron chi connectivity index (χ0n) is 18.2. The maximum atomic E-state index is 4.52. The van der Waals surface area contributed by atoms with Crippen LogP contribution in [0.15, 0.2) is 53.9 Å². The Hall–Kier alpha value is -2.40. The molecule has 9 heteroatoms. The highest BCUT2D eigenvalue weighted by molar-refractivity contribution is 14.0. The predicted octanol–water partition coefficient (Wildman–Crippen LogP) is 2.74. The van der Waals surface area contributed by atoms with Gasteiger partial charge in [0.2, 0.25) is 0 Å². The number of aryl methyl sites for hydroxylation is 1. The van der Waals surface area contributed by atoms with E-state index >= 15 is 0 Å². The van der Waals surface area contributed by atoms with Crippen LogP contribution in [0.25, 0.3) is 11.3 Å². The maximum Gasteiger partial charge on any atom is 0.193 e. The van der Waals surface area contributed by atoms with E-state index < -0.39 is 0 Å². The number of rotatable bonds is 7. The maximum absolute atomic E-state index is 4.52. The molecule has 0 aliphatic carbocycles. The van der Waals surface area contributed by atoms with Gasteiger partial charge in [-0.1, -0.05) is 30.3 Å². The topological polar surface area (TPSA) is 77.4 Å². The van der Waals surface area contributed by atoms with Gasteiger partial charge in [0, 0.05) is 39.4 Å². The van der Waals surface area contributed by atoms with Crippen molar-refractivity contribution in [2.45, 2.75) is 12.6 Å². The first-order valence-electron chi connectivity index (χ1n) is 9.64. The first-order chi connectivity index (χ1) is 14.0. The summed E-state index contributed by atoms with van der Waals surface area (Å²) in [6, 6.07) is 10.4. The Balaban J connectivity index is 0.00000320. The highest BCUT2D eigenvalue weighted by Crippen LogP contribution is 2.17. The molecule has 0 bridgehead atoms. The minimum absolute atomic E-state index is 0. The molecule has 162 valence electrons. The molecule has 0 radical (unpaired) electrons. The van der Waals surface area contributed by atoms with E-state index in [0.717, 1.165) is 29.6 Å². The van der Waals surface area contributed by atoms with Crippen LogP contribution in [0, 0.1) is 0 Å². The minimum Gasteiger partial charge on any atom is -0.354 e. The van der Waals surface area contributed by atoms with Crippen molar-refractivity contribution in [2.75, 3.05) is 34.7 Å². The number of nitrogens with one attached hydrogen (secondary N) is 2. The number of aromatic nitrogens is 4. The molecule has 2 N–H and O–H groups in total. The average Bonchev–Trinajstić information content (AvgIpc) is 3.34. The number of nitrogens with zero attached hydrogens (tertiary/aromatic N) is 6. The SMILES string of the molecule is CN=C(NCC(c1cnn(C)c1)N(C)C)N(C)Cc1ncc(-c2ccccc2)[nH]1.I. The van der Waals surface area contributed by atoms with Crippen LogP contribution >= 0.6 is 24.0 Å². The van der Waals surface area contributed by atoms with Gasteiger partial charge in [-0.25, -0.2) is 4.98 Å². The van der Waals surface area contributed by atoms with E-state index in [1.165, 1.54) is 5.56 Å². The Morgan fingerprint density at radius 2 is 1.93 bits per heavy atom. The fourth-order valence-corrected chi connectivity index (χ4v) is 3.29. The summed E-state index contributed by atoms with van der Waals surface area (Å²) in [5, 5.41) is 7.77. The molecule has 0 saturated heterocycles. The Bertz CT molecular complexity index is 931. The molecule has 2 aromatic heterocycles. The highest BCUT2D eigenvalue weighted by atomic mass is 127. The lowest BCUT2D eigenvalue weighted by atomic mass is 10.1. The molecule has 0 fully saturated rings. The zero-order chi connectivity index (χ0) is 20.8. The summed E-state index contributed by atoms with van der Waals surface area (Å²) in [5.41, 5.74) is 3.31. The van der Waals surface area contributed by atoms with Gasteiger partial charge in [0.15, 0.2) is 5.96 Å². The zero-order valence-corrected chi connectivity index (χ0v) is 20.5. The standard InChI is InChI=1S/C21H30N8.HI/c1-22-21(24-13-19(27(2)3)17-11-25-29(5)14-17)28(4)15-20-23-12-18(26-20)16-9-7-6-8-10-16;/h6-12,14,19H,13,15H2,1-5H3,(H,22,24)(H,23,26);1H. The van der Waals surface area contributed by atoms with E-state index in [0.29, 0.717) is 6.54 Å². The summed E-state index contributed by atoms with van der Waals surface area (Å²) in [4.78, 5) is 16.6. The Labute approximate surface area is 195 Å². The van der Waals surface area contributed by atoms with Crippen molar-refractivity contribution < 1.29 is 0 Å². The Morgan fingerprint density at radius 3 is 2.53 bits per heavy atom. The van der Waals surface area contributed by atoms with E-state index in [1.54, 1.807) is 7.05 Å². The van der Waals surface area contributed by atoms with Crippen molar-refractivity contribution in [3.8, 4) is 11.3 Å². The number of aromatic amines is 1. The van der Waals surface area contributed by atoms with Crippen LogP contribution in [0.5, 0.6) is 0 Å². The average molecular weight is 522 g/mol. The van der Waals surface area contributed by atoms with Gasteiger partial charge in [-0.15, -0.1) is 24.0 Å². The Kier molecular flexibility index (Phi) is 8.85. The van der Waals surface area contributed by atoms with Crippen LogP contribution in [0.1, 0.15) is 17.4 Å². The fraction of sp³-hybridized carbons (Fsp3) is 0.381. The first kappa shape index (κ1) is 23.9. The van der Waals surface area contributed by atoms with Crippen molar-refractivity contribution >= 4 is 29.9 Å². The Morgan fingerprint density at radius 1 is 1.20 bits per heavy atom. The molecule has 0 aliphatic heterocycles. The van der Waals surface area contributed by atoms with Crippen LogP contribution < -0.4 is 5.32 Å². The summed E-state index contributed by atoms with van der Waals surface area (Å²) < 4.78 is 1.83. The molecular formula is C21H31IN8. The van der Waals surface area contributed by atoms with Gasteiger partial charge in [0.05, 0.1) is 30.7 Å². The van der Waals surface area contributed by atoms with E-state index in [4.69, 9.17) is 0 Å². The lowest BCUT2D eigenvalue weighted by Gasteiger charge is -2.27. The summed E-state index contributed by atoms with van der Waals surface area (Å²) in [6.07, 6.45) is 5.83. The number of imidazole rings is 1. The third kappa shape index (κ3) is 6.05. The van der Waals surface area contributed by atoms with Gasteiger partial charge in [-0.2, -0.15) is 5.10 Å². The van der Waals surface area contributed by atoms with Crippen LogP contribution in [-0.2, 0) is 13.6 Å². The largest absolute Gasteiger partial charge is 0.354 e. The lowest BCUT2D eigenvalue weighted by Crippen LogP contribution is -2.42. The first-order valence-corrected chi connectivity index (χ1v) is 9.64. The normalized spacial score (nSPS) is 12.5. The van der Waals surface area contributed by atoms with E-state index in [1.807, 2.05) is 55.6 Å². The number of halogens is 1. The molecule has 1 unspecified atom stereocenters. The minimum atomic E-state index is 0. The number of H-pyrrole nitrogens is 1. The number of guanidine groups is 1. The van der Waals surface area contributed by atoms with Crippen molar-refractivity contribution in [3.05, 3.63) is 60.3 Å². The summed E-state index contributed by atoms with van der Waals surface area (Å²) in [5.74, 6) is 1.71. The molecule has 2 heterocycles. The van der Waals surface area contributed by atoms with Crippen LogP contribution in [-0.4, -0.2) is 70.2 Å². The molecule has 3 rings (SSSR count). The van der Waals surface area contributed by atoms with E-state index in [-0.39, 0.29) is 30.0 Å². The molecule has 30 heavy (non-hydrogen) atoms. The molecule has 3 aromatic rings. The summed E-state index contributed by atoms with van der Waals surface area (Å²) in [6.45, 7) is 1.36. The summed E-state index contributed by atoms with van der Waals surface area (Å²) >= 11 is 0. The highest BCUT2D eigenvalue weighted by Gasteiger charge is 2.18. The van der Waals surface area contributed by atoms with Crippen molar-refractivity contribution in [3.63, 3.8) is 0 Å². The molecule has 0 amide bonds. The monoisotopic (exact) mass is 522 g/mol. The van der Waals surface area contributed by atoms with E-state index in [2.05, 4.69) is 61.4 Å². The smallest absolute Gasteiger partial charge is 0.193 e. The number of likely N-dealkylation sites (N-methyl/N-ethyl adjacent to an activating group) is 1. The van der Waals surface area contributed by atoms with E-state index in [9.17, 15) is 0 Å². The van der Waals surface area contributed by atoms with Gasteiger partial charge >= 0.3 is 0 Å². The third-order valence-electron chi connectivity index (χ3n) is 4.86. The van der Waals surface area contributed by atoms with Gasteiger partial charge < -0.3 is 20.1 Å². The third-order valence-corrected chi connectivity index (χ3v) is 4.86. The van der Waals surface area contributed by atoms with Crippen LogP contribution in [0.3, 0.4) is 0 Å². The molecular weight excluding hydrogens is 491 g/mol. The molecule has 0 aliphatic rings. The number of aliphatic imine (C=N–C) groups is 1. The molecule has 1 aromatic carbocycles. The molecule has 0 spiro atoms. The van der Waals surface area contributed by atoms with Gasteiger partial charge in [0.1, 0.15) is 5.82 Å². The quantitative estimate of drug-likeness (QED) is 0.284. The number of hydrogen-bond acceptors (Lipinski definition) is 4. The molecule has 1 atom stereocenters. The van der Waals surface area contributed by atoms with Gasteiger partial charge in [0.25, 0.3) is 0 Å². The number of hydrogen-bond donors (Lipinski definition) is 2. The second-order valence-electron chi connectivity index (χ2n) is 7.32. The lowest BCUT2D eigenvalue weighted by molar-refractivity contribution is 0.295. The number of benzene rings is 1. The fourth-order valence-electron chi connectivity index (χ4n) is 3.29. The molecule has 8 nitrogen and oxygen atoms in total. The van der Waals surface area contributed by atoms with Crippen LogP contribution in [0.2, 0.25) is 0 Å². The molecule has 0 saturated carbocycles. The van der Waals surface area contributed by atoms with Gasteiger partial charge in [-0.05, 0) is 19.7 Å². The summed E-state index contributed by atoms with van der Waals surface area (Å²) in [7, 11) is 9.88. The van der Waals surface area contributed by atoms with Crippen molar-refractivity contribution in [2.24, 2.45) is 12.0 Å². The second kappa shape index (κ2) is 11.1. The van der Waals surface area contributed by atoms with Crippen molar-refractivity contribution in [1.82, 2.24) is 34.9 Å². The predicted molar refractivity (Wildman–Crippen MR) is 132 cm³/mol. The van der Waals surface area contributed by atoms with Gasteiger partial charge in [-0.3, -0.25) is 9.67 Å². The van der Waals surface area contributed by atoms with Crippen molar-refractivity contribution in [1.29, 1.82) is 0 Å².